The number of unbranched alkanes of at least 4 members (excludes halogenated alkanes) is 2. The number of halogens is 1. The Bertz CT molecular complexity index is 483. The lowest BCUT2D eigenvalue weighted by atomic mass is 10.2. The highest BCUT2D eigenvalue weighted by Gasteiger charge is 2.02. The van der Waals surface area contributed by atoms with Crippen LogP contribution in [0.2, 0.25) is 0 Å². The van der Waals surface area contributed by atoms with Crippen molar-refractivity contribution in [3.8, 4) is 5.75 Å². The Kier molecular flexibility index (Phi) is 10.4. The Morgan fingerprint density at radius 2 is 1.91 bits per heavy atom. The highest BCUT2D eigenvalue weighted by molar-refractivity contribution is 9.10. The van der Waals surface area contributed by atoms with Crippen LogP contribution in [0.15, 0.2) is 28.7 Å². The van der Waals surface area contributed by atoms with Gasteiger partial charge in [-0.2, -0.15) is 0 Å². The minimum Gasteiger partial charge on any atom is -0.494 e. The topological polar surface area (TPSA) is 62.4 Å². The van der Waals surface area contributed by atoms with Gasteiger partial charge < -0.3 is 10.1 Å². The quantitative estimate of drug-likeness (QED) is 0.336. The van der Waals surface area contributed by atoms with Crippen LogP contribution in [-0.2, 0) is 4.79 Å². The summed E-state index contributed by atoms with van der Waals surface area (Å²) in [7, 11) is 0. The summed E-state index contributed by atoms with van der Waals surface area (Å²) in [6.45, 7) is 3.46. The molecule has 0 radical (unpaired) electrons. The molecular formula is C16H24BrN3O2S. The highest BCUT2D eigenvalue weighted by Crippen LogP contribution is 2.16. The first-order chi connectivity index (χ1) is 11.1. The number of hydrogen-bond acceptors (Lipinski definition) is 3. The van der Waals surface area contributed by atoms with Gasteiger partial charge in [-0.1, -0.05) is 35.7 Å². The van der Waals surface area contributed by atoms with Crippen LogP contribution >= 0.6 is 28.1 Å². The lowest BCUT2D eigenvalue weighted by molar-refractivity contribution is -0.121. The molecule has 0 unspecified atom stereocenters. The van der Waals surface area contributed by atoms with Crippen molar-refractivity contribution in [3.05, 3.63) is 28.7 Å². The number of hydrogen-bond donors (Lipinski definition) is 3. The number of nitrogens with one attached hydrogen (secondary N) is 3. The average Bonchev–Trinajstić information content (AvgIpc) is 2.55. The van der Waals surface area contributed by atoms with Gasteiger partial charge in [-0.15, -0.1) is 0 Å². The van der Waals surface area contributed by atoms with Gasteiger partial charge in [-0.3, -0.25) is 15.6 Å². The van der Waals surface area contributed by atoms with Crippen LogP contribution < -0.4 is 20.9 Å². The van der Waals surface area contributed by atoms with Gasteiger partial charge in [0.15, 0.2) is 5.11 Å². The molecule has 0 heterocycles. The number of carbonyl (C=O) groups excluding carboxylic acids is 1. The molecule has 0 bridgehead atoms. The number of rotatable bonds is 9. The van der Waals surface area contributed by atoms with Crippen LogP contribution in [0.5, 0.6) is 5.75 Å². The zero-order valence-corrected chi connectivity index (χ0v) is 15.8. The van der Waals surface area contributed by atoms with E-state index in [1.54, 1.807) is 0 Å². The van der Waals surface area contributed by atoms with Crippen LogP contribution in [-0.4, -0.2) is 24.2 Å². The highest BCUT2D eigenvalue weighted by atomic mass is 79.9. The fourth-order valence-corrected chi connectivity index (χ4v) is 2.18. The summed E-state index contributed by atoms with van der Waals surface area (Å²) in [6, 6.07) is 7.60. The molecule has 0 aliphatic carbocycles. The van der Waals surface area contributed by atoms with E-state index in [-0.39, 0.29) is 5.91 Å². The summed E-state index contributed by atoms with van der Waals surface area (Å²) in [4.78, 5) is 11.7. The van der Waals surface area contributed by atoms with E-state index in [0.717, 1.165) is 23.2 Å². The second-order valence-electron chi connectivity index (χ2n) is 5.04. The molecular weight excluding hydrogens is 378 g/mol. The van der Waals surface area contributed by atoms with E-state index in [4.69, 9.17) is 17.0 Å². The van der Waals surface area contributed by atoms with Gasteiger partial charge in [0.05, 0.1) is 6.61 Å². The molecule has 0 saturated carbocycles. The summed E-state index contributed by atoms with van der Waals surface area (Å²) in [6.07, 6.45) is 4.42. The van der Waals surface area contributed by atoms with Gasteiger partial charge >= 0.3 is 0 Å². The van der Waals surface area contributed by atoms with E-state index >= 15 is 0 Å². The van der Waals surface area contributed by atoms with Crippen molar-refractivity contribution in [3.63, 3.8) is 0 Å². The van der Waals surface area contributed by atoms with Gasteiger partial charge in [0.25, 0.3) is 0 Å². The third-order valence-corrected chi connectivity index (χ3v) is 3.79. The Hall–Kier alpha value is -1.34. The molecule has 7 heteroatoms. The Balaban J connectivity index is 2.03. The zero-order chi connectivity index (χ0) is 16.9. The third-order valence-electron chi connectivity index (χ3n) is 3.01. The number of thiocarbonyl (C=S) groups is 1. The van der Waals surface area contributed by atoms with E-state index in [1.807, 2.05) is 24.3 Å². The van der Waals surface area contributed by atoms with Crippen molar-refractivity contribution in [2.24, 2.45) is 0 Å². The molecule has 128 valence electrons. The minimum absolute atomic E-state index is 0.109. The third kappa shape index (κ3) is 10.1. The first kappa shape index (κ1) is 19.7. The van der Waals surface area contributed by atoms with Crippen LogP contribution in [0.1, 0.15) is 39.0 Å². The number of amides is 1. The van der Waals surface area contributed by atoms with E-state index in [9.17, 15) is 4.79 Å². The largest absolute Gasteiger partial charge is 0.494 e. The molecule has 0 aliphatic rings. The summed E-state index contributed by atoms with van der Waals surface area (Å²) < 4.78 is 6.56. The summed E-state index contributed by atoms with van der Waals surface area (Å²) in [5.41, 5.74) is 5.27. The van der Waals surface area contributed by atoms with Gasteiger partial charge in [0, 0.05) is 17.4 Å². The van der Waals surface area contributed by atoms with Crippen molar-refractivity contribution in [1.82, 2.24) is 16.2 Å². The normalized spacial score (nSPS) is 10.0. The maximum Gasteiger partial charge on any atom is 0.238 e. The van der Waals surface area contributed by atoms with Gasteiger partial charge in [0.1, 0.15) is 5.75 Å². The van der Waals surface area contributed by atoms with Crippen molar-refractivity contribution in [2.45, 2.75) is 39.0 Å². The Morgan fingerprint density at radius 1 is 1.17 bits per heavy atom. The first-order valence-electron chi connectivity index (χ1n) is 7.83. The molecule has 1 rings (SSSR count). The van der Waals surface area contributed by atoms with Crippen molar-refractivity contribution >= 4 is 39.2 Å². The first-order valence-corrected chi connectivity index (χ1v) is 9.03. The molecule has 1 aromatic carbocycles. The van der Waals surface area contributed by atoms with Crippen LogP contribution in [0.3, 0.4) is 0 Å². The monoisotopic (exact) mass is 401 g/mol. The molecule has 5 nitrogen and oxygen atoms in total. The number of hydrazine groups is 1. The van der Waals surface area contributed by atoms with Crippen molar-refractivity contribution in [2.75, 3.05) is 13.2 Å². The zero-order valence-electron chi connectivity index (χ0n) is 13.4. The average molecular weight is 402 g/mol. The lowest BCUT2D eigenvalue weighted by Crippen LogP contribution is -2.46. The van der Waals surface area contributed by atoms with Gasteiger partial charge in [0.2, 0.25) is 5.91 Å². The van der Waals surface area contributed by atoms with Crippen LogP contribution in [0.25, 0.3) is 0 Å². The van der Waals surface area contributed by atoms with Gasteiger partial charge in [-0.25, -0.2) is 0 Å². The standard InChI is InChI=1S/C16H24BrN3O2S/c1-2-3-4-11-18-16(23)20-19-15(21)6-5-12-22-14-9-7-13(17)8-10-14/h7-10H,2-6,11-12H2,1H3,(H,19,21)(H2,18,20,23). The predicted octanol–water partition coefficient (Wildman–Crippen LogP) is 3.29. The predicted molar refractivity (Wildman–Crippen MR) is 100 cm³/mol. The molecule has 0 spiro atoms. The van der Waals surface area contributed by atoms with Crippen molar-refractivity contribution in [1.29, 1.82) is 0 Å². The second-order valence-corrected chi connectivity index (χ2v) is 6.37. The van der Waals surface area contributed by atoms with E-state index in [2.05, 4.69) is 39.0 Å². The Labute approximate surface area is 151 Å². The fraction of sp³-hybridized carbons (Fsp3) is 0.500. The van der Waals surface area contributed by atoms with Crippen LogP contribution in [0.4, 0.5) is 0 Å². The number of benzene rings is 1. The van der Waals surface area contributed by atoms with Crippen molar-refractivity contribution < 1.29 is 9.53 Å². The fourth-order valence-electron chi connectivity index (χ4n) is 1.76. The molecule has 23 heavy (non-hydrogen) atoms. The van der Waals surface area contributed by atoms with E-state index < -0.39 is 0 Å². The summed E-state index contributed by atoms with van der Waals surface area (Å²) >= 11 is 8.43. The molecule has 0 aliphatic heterocycles. The van der Waals surface area contributed by atoms with Gasteiger partial charge in [-0.05, 0) is 49.3 Å². The maximum atomic E-state index is 11.7. The second kappa shape index (κ2) is 12.1. The smallest absolute Gasteiger partial charge is 0.238 e. The molecule has 3 N–H and O–H groups in total. The molecule has 0 atom stereocenters. The lowest BCUT2D eigenvalue weighted by Gasteiger charge is -2.11. The minimum atomic E-state index is -0.109. The molecule has 0 fully saturated rings. The van der Waals surface area contributed by atoms with E-state index in [0.29, 0.717) is 24.6 Å². The summed E-state index contributed by atoms with van der Waals surface area (Å²) in [5.74, 6) is 0.686. The SMILES string of the molecule is CCCCCNC(=S)NNC(=O)CCCOc1ccc(Br)cc1. The Morgan fingerprint density at radius 3 is 2.61 bits per heavy atom. The van der Waals surface area contributed by atoms with E-state index in [1.165, 1.54) is 12.8 Å². The molecule has 0 saturated heterocycles. The molecule has 1 amide bonds. The molecule has 1 aromatic rings. The maximum absolute atomic E-state index is 11.7. The molecule has 0 aromatic heterocycles. The number of carbonyl (C=O) groups is 1. The summed E-state index contributed by atoms with van der Waals surface area (Å²) in [5, 5.41) is 3.49. The van der Waals surface area contributed by atoms with Crippen LogP contribution in [0, 0.1) is 0 Å². The number of ether oxygens (including phenoxy) is 1.